The van der Waals surface area contributed by atoms with E-state index in [0.717, 1.165) is 5.56 Å². The Morgan fingerprint density at radius 3 is 2.35 bits per heavy atom. The normalized spacial score (nSPS) is 11.2. The Morgan fingerprint density at radius 2 is 1.85 bits per heavy atom. The minimum atomic E-state index is -1.41. The van der Waals surface area contributed by atoms with E-state index < -0.39 is 31.3 Å². The lowest BCUT2D eigenvalue weighted by Gasteiger charge is -2.28. The molecule has 0 bridgehead atoms. The second-order valence-electron chi connectivity index (χ2n) is 4.79. The number of methoxy groups -OCH3 is 1. The van der Waals surface area contributed by atoms with Gasteiger partial charge in [-0.2, -0.15) is 0 Å². The second-order valence-corrected chi connectivity index (χ2v) is 4.79. The van der Waals surface area contributed by atoms with E-state index in [1.54, 1.807) is 6.07 Å². The Kier molecular flexibility index (Phi) is 5.94. The average molecular weight is 283 g/mol. The predicted octanol–water partition coefficient (Wildman–Crippen LogP) is -0.622. The van der Waals surface area contributed by atoms with E-state index in [9.17, 15) is 20.1 Å². The maximum absolute atomic E-state index is 12.0. The fourth-order valence-corrected chi connectivity index (χ4v) is 1.83. The van der Waals surface area contributed by atoms with E-state index in [4.69, 9.17) is 4.74 Å². The second kappa shape index (κ2) is 7.23. The fraction of sp³-hybridized carbons (Fsp3) is 0.500. The summed E-state index contributed by atoms with van der Waals surface area (Å²) in [5.41, 5.74) is 0.285. The molecule has 0 atom stereocenters. The van der Waals surface area contributed by atoms with Crippen LogP contribution in [0.15, 0.2) is 18.2 Å². The summed E-state index contributed by atoms with van der Waals surface area (Å²) in [6.45, 7) is 0.268. The van der Waals surface area contributed by atoms with Crippen LogP contribution in [0.3, 0.4) is 0 Å². The summed E-state index contributed by atoms with van der Waals surface area (Å²) >= 11 is 0. The molecule has 0 heterocycles. The Bertz CT molecular complexity index is 449. The number of nitrogens with one attached hydrogen (secondary N) is 1. The van der Waals surface area contributed by atoms with Crippen molar-refractivity contribution < 1.29 is 24.9 Å². The number of aryl methyl sites for hydroxylation is 1. The minimum absolute atomic E-state index is 0.0343. The van der Waals surface area contributed by atoms with Crippen molar-refractivity contribution in [1.29, 1.82) is 0 Å². The van der Waals surface area contributed by atoms with E-state index in [1.807, 2.05) is 19.1 Å². The van der Waals surface area contributed by atoms with Gasteiger partial charge in [0.1, 0.15) is 11.3 Å². The number of hydrogen-bond acceptors (Lipinski definition) is 5. The minimum Gasteiger partial charge on any atom is -0.496 e. The van der Waals surface area contributed by atoms with Crippen LogP contribution >= 0.6 is 0 Å². The summed E-state index contributed by atoms with van der Waals surface area (Å²) < 4.78 is 5.18. The SMILES string of the molecule is COc1ccc(C)cc1CC(=O)NC(CO)(CO)CO. The Labute approximate surface area is 118 Å². The molecular formula is C14H21NO5. The number of benzene rings is 1. The van der Waals surface area contributed by atoms with E-state index in [-0.39, 0.29) is 6.42 Å². The summed E-state index contributed by atoms with van der Waals surface area (Å²) in [5, 5.41) is 30.0. The van der Waals surface area contributed by atoms with Gasteiger partial charge in [-0.15, -0.1) is 0 Å². The monoisotopic (exact) mass is 283 g/mol. The van der Waals surface area contributed by atoms with Gasteiger partial charge in [-0.1, -0.05) is 17.7 Å². The van der Waals surface area contributed by atoms with Crippen LogP contribution in [-0.4, -0.2) is 53.7 Å². The number of aliphatic hydroxyl groups excluding tert-OH is 3. The maximum Gasteiger partial charge on any atom is 0.225 e. The Balaban J connectivity index is 2.83. The van der Waals surface area contributed by atoms with Gasteiger partial charge in [0.05, 0.1) is 33.4 Å². The van der Waals surface area contributed by atoms with Crippen molar-refractivity contribution in [2.24, 2.45) is 0 Å². The highest BCUT2D eigenvalue weighted by Gasteiger charge is 2.30. The van der Waals surface area contributed by atoms with Crippen molar-refractivity contribution in [1.82, 2.24) is 5.32 Å². The molecule has 112 valence electrons. The van der Waals surface area contributed by atoms with Gasteiger partial charge in [-0.3, -0.25) is 4.79 Å². The molecule has 1 aromatic rings. The first-order valence-corrected chi connectivity index (χ1v) is 6.27. The van der Waals surface area contributed by atoms with E-state index >= 15 is 0 Å². The molecule has 0 radical (unpaired) electrons. The molecule has 1 rings (SSSR count). The molecule has 0 fully saturated rings. The predicted molar refractivity (Wildman–Crippen MR) is 73.6 cm³/mol. The summed E-state index contributed by atoms with van der Waals surface area (Å²) in [6.07, 6.45) is 0.0343. The van der Waals surface area contributed by atoms with Crippen molar-refractivity contribution in [2.75, 3.05) is 26.9 Å². The zero-order valence-corrected chi connectivity index (χ0v) is 11.7. The van der Waals surface area contributed by atoms with Gasteiger partial charge in [-0.05, 0) is 13.0 Å². The maximum atomic E-state index is 12.0. The molecule has 0 aliphatic rings. The summed E-state index contributed by atoms with van der Waals surface area (Å²) in [6, 6.07) is 5.48. The summed E-state index contributed by atoms with van der Waals surface area (Å²) in [5.74, 6) is 0.180. The van der Waals surface area contributed by atoms with Crippen LogP contribution < -0.4 is 10.1 Å². The number of ether oxygens (including phenoxy) is 1. The van der Waals surface area contributed by atoms with Crippen LogP contribution in [0.4, 0.5) is 0 Å². The molecular weight excluding hydrogens is 262 g/mol. The molecule has 0 saturated heterocycles. The van der Waals surface area contributed by atoms with Crippen LogP contribution in [0.5, 0.6) is 5.75 Å². The first-order chi connectivity index (χ1) is 9.50. The number of amides is 1. The molecule has 1 amide bonds. The summed E-state index contributed by atoms with van der Waals surface area (Å²) in [7, 11) is 1.52. The van der Waals surface area contributed by atoms with Crippen LogP contribution in [-0.2, 0) is 11.2 Å². The van der Waals surface area contributed by atoms with Crippen molar-refractivity contribution in [3.8, 4) is 5.75 Å². The highest BCUT2D eigenvalue weighted by atomic mass is 16.5. The third kappa shape index (κ3) is 3.93. The molecule has 6 nitrogen and oxygen atoms in total. The zero-order chi connectivity index (χ0) is 15.2. The van der Waals surface area contributed by atoms with E-state index in [1.165, 1.54) is 7.11 Å². The third-order valence-corrected chi connectivity index (χ3v) is 3.10. The molecule has 0 unspecified atom stereocenters. The van der Waals surface area contributed by atoms with Gasteiger partial charge in [0, 0.05) is 5.56 Å². The molecule has 0 saturated carbocycles. The van der Waals surface area contributed by atoms with Gasteiger partial charge in [0.2, 0.25) is 5.91 Å². The van der Waals surface area contributed by atoms with Crippen LogP contribution in [0.1, 0.15) is 11.1 Å². The number of aliphatic hydroxyl groups is 3. The van der Waals surface area contributed by atoms with Crippen molar-refractivity contribution in [2.45, 2.75) is 18.9 Å². The highest BCUT2D eigenvalue weighted by molar-refractivity contribution is 5.80. The fourth-order valence-electron chi connectivity index (χ4n) is 1.83. The standard InChI is InChI=1S/C14H21NO5/c1-10-3-4-12(20-2)11(5-10)6-13(19)15-14(7-16,8-17)9-18/h3-5,16-18H,6-9H2,1-2H3,(H,15,19). The molecule has 6 heteroatoms. The number of carbonyl (C=O) groups excluding carboxylic acids is 1. The first-order valence-electron chi connectivity index (χ1n) is 6.27. The third-order valence-electron chi connectivity index (χ3n) is 3.10. The van der Waals surface area contributed by atoms with Gasteiger partial charge >= 0.3 is 0 Å². The Morgan fingerprint density at radius 1 is 1.25 bits per heavy atom. The summed E-state index contributed by atoms with van der Waals surface area (Å²) in [4.78, 5) is 12.0. The van der Waals surface area contributed by atoms with Crippen molar-refractivity contribution in [3.63, 3.8) is 0 Å². The smallest absolute Gasteiger partial charge is 0.225 e. The van der Waals surface area contributed by atoms with E-state index in [0.29, 0.717) is 11.3 Å². The lowest BCUT2D eigenvalue weighted by atomic mass is 10.0. The molecule has 1 aromatic carbocycles. The molecule has 20 heavy (non-hydrogen) atoms. The molecule has 0 aromatic heterocycles. The quantitative estimate of drug-likeness (QED) is 0.534. The molecule has 4 N–H and O–H groups in total. The van der Waals surface area contributed by atoms with Gasteiger partial charge in [0.25, 0.3) is 0 Å². The average Bonchev–Trinajstić information content (AvgIpc) is 2.45. The van der Waals surface area contributed by atoms with Crippen molar-refractivity contribution >= 4 is 5.91 Å². The lowest BCUT2D eigenvalue weighted by molar-refractivity contribution is -0.124. The highest BCUT2D eigenvalue weighted by Crippen LogP contribution is 2.20. The zero-order valence-electron chi connectivity index (χ0n) is 11.7. The van der Waals surface area contributed by atoms with Gasteiger partial charge in [-0.25, -0.2) is 0 Å². The lowest BCUT2D eigenvalue weighted by Crippen LogP contribution is -2.57. The molecule has 0 aliphatic carbocycles. The Hall–Kier alpha value is -1.63. The molecule has 0 spiro atoms. The number of hydrogen-bond donors (Lipinski definition) is 4. The van der Waals surface area contributed by atoms with E-state index in [2.05, 4.69) is 5.32 Å². The van der Waals surface area contributed by atoms with Crippen LogP contribution in [0.25, 0.3) is 0 Å². The molecule has 0 aliphatic heterocycles. The van der Waals surface area contributed by atoms with Gasteiger partial charge < -0.3 is 25.4 Å². The van der Waals surface area contributed by atoms with Crippen LogP contribution in [0.2, 0.25) is 0 Å². The topological polar surface area (TPSA) is 99.0 Å². The van der Waals surface area contributed by atoms with Crippen molar-refractivity contribution in [3.05, 3.63) is 29.3 Å². The van der Waals surface area contributed by atoms with Crippen LogP contribution in [0, 0.1) is 6.92 Å². The first kappa shape index (κ1) is 16.4. The number of rotatable bonds is 7. The van der Waals surface area contributed by atoms with Gasteiger partial charge in [0.15, 0.2) is 0 Å². The largest absolute Gasteiger partial charge is 0.496 e. The number of carbonyl (C=O) groups is 1.